The summed E-state index contributed by atoms with van der Waals surface area (Å²) in [5.74, 6) is 0.0929. The summed E-state index contributed by atoms with van der Waals surface area (Å²) in [4.78, 5) is 23.7. The van der Waals surface area contributed by atoms with Crippen LogP contribution in [0.15, 0.2) is 34.2 Å². The molecule has 0 radical (unpaired) electrons. The lowest BCUT2D eigenvalue weighted by Gasteiger charge is -2.07. The van der Waals surface area contributed by atoms with Crippen LogP contribution >= 0.6 is 23.4 Å². The smallest absolute Gasteiger partial charge is 0.343 e. The van der Waals surface area contributed by atoms with Crippen molar-refractivity contribution in [2.24, 2.45) is 0 Å². The molecule has 1 aromatic heterocycles. The standard InChI is InChI=1S/C16H21ClN4O3S/c1-24-9-3-8-21-15(23)19-20-16(21)25-11-14(22)18-7-6-12-4-2-5-13(17)10-12/h2,4-5,10H,3,6-9,11H2,1H3,(H,18,22)(H,19,23). The fraction of sp³-hybridized carbons (Fsp3) is 0.438. The van der Waals surface area contributed by atoms with Gasteiger partial charge in [-0.05, 0) is 30.5 Å². The second-order valence-electron chi connectivity index (χ2n) is 5.33. The van der Waals surface area contributed by atoms with Gasteiger partial charge in [0.05, 0.1) is 5.75 Å². The Labute approximate surface area is 155 Å². The normalized spacial score (nSPS) is 10.8. The largest absolute Gasteiger partial charge is 0.385 e. The molecule has 136 valence electrons. The summed E-state index contributed by atoms with van der Waals surface area (Å²) < 4.78 is 6.50. The first-order valence-corrected chi connectivity index (χ1v) is 9.24. The minimum atomic E-state index is -0.278. The molecule has 7 nitrogen and oxygen atoms in total. The molecule has 0 aliphatic heterocycles. The minimum absolute atomic E-state index is 0.106. The summed E-state index contributed by atoms with van der Waals surface area (Å²) >= 11 is 7.16. The zero-order chi connectivity index (χ0) is 18.1. The van der Waals surface area contributed by atoms with Crippen LogP contribution in [0, 0.1) is 0 Å². The molecule has 0 spiro atoms. The van der Waals surface area contributed by atoms with E-state index in [4.69, 9.17) is 16.3 Å². The quantitative estimate of drug-likeness (QED) is 0.481. The van der Waals surface area contributed by atoms with E-state index in [0.717, 1.165) is 5.56 Å². The van der Waals surface area contributed by atoms with E-state index in [0.29, 0.717) is 42.7 Å². The molecule has 0 aliphatic rings. The molecule has 2 N–H and O–H groups in total. The maximum atomic E-state index is 11.9. The Morgan fingerprint density at radius 3 is 3.08 bits per heavy atom. The molecule has 1 aromatic carbocycles. The van der Waals surface area contributed by atoms with Gasteiger partial charge < -0.3 is 10.1 Å². The summed E-state index contributed by atoms with van der Waals surface area (Å²) in [6, 6.07) is 7.55. The first-order valence-electron chi connectivity index (χ1n) is 7.88. The second-order valence-corrected chi connectivity index (χ2v) is 6.71. The highest BCUT2D eigenvalue weighted by Crippen LogP contribution is 2.13. The molecule has 1 amide bonds. The number of carbonyl (C=O) groups is 1. The topological polar surface area (TPSA) is 89.0 Å². The molecule has 0 saturated heterocycles. The van der Waals surface area contributed by atoms with E-state index in [-0.39, 0.29) is 17.3 Å². The van der Waals surface area contributed by atoms with Gasteiger partial charge >= 0.3 is 5.69 Å². The van der Waals surface area contributed by atoms with Crippen LogP contribution in [-0.2, 0) is 22.5 Å². The number of amides is 1. The molecule has 0 fully saturated rings. The van der Waals surface area contributed by atoms with Crippen molar-refractivity contribution < 1.29 is 9.53 Å². The molecule has 0 atom stereocenters. The van der Waals surface area contributed by atoms with E-state index < -0.39 is 0 Å². The monoisotopic (exact) mass is 384 g/mol. The Kier molecular flexibility index (Phi) is 8.03. The van der Waals surface area contributed by atoms with Crippen molar-refractivity contribution in [1.82, 2.24) is 20.1 Å². The highest BCUT2D eigenvalue weighted by atomic mass is 35.5. The van der Waals surface area contributed by atoms with Crippen LogP contribution in [0.25, 0.3) is 0 Å². The van der Waals surface area contributed by atoms with Gasteiger partial charge in [-0.15, -0.1) is 5.10 Å². The number of nitrogens with one attached hydrogen (secondary N) is 2. The molecule has 9 heteroatoms. The Balaban J connectivity index is 1.75. The van der Waals surface area contributed by atoms with Gasteiger partial charge in [0.2, 0.25) is 5.91 Å². The van der Waals surface area contributed by atoms with Crippen molar-refractivity contribution in [2.45, 2.75) is 24.5 Å². The first-order chi connectivity index (χ1) is 12.1. The number of ether oxygens (including phenoxy) is 1. The molecule has 2 rings (SSSR count). The van der Waals surface area contributed by atoms with Crippen molar-refractivity contribution in [3.63, 3.8) is 0 Å². The lowest BCUT2D eigenvalue weighted by atomic mass is 10.1. The van der Waals surface area contributed by atoms with Crippen LogP contribution in [0.4, 0.5) is 0 Å². The number of aromatic amines is 1. The van der Waals surface area contributed by atoms with Crippen LogP contribution in [0.2, 0.25) is 5.02 Å². The lowest BCUT2D eigenvalue weighted by molar-refractivity contribution is -0.118. The minimum Gasteiger partial charge on any atom is -0.385 e. The van der Waals surface area contributed by atoms with Crippen LogP contribution < -0.4 is 11.0 Å². The average Bonchev–Trinajstić information content (AvgIpc) is 2.94. The fourth-order valence-electron chi connectivity index (χ4n) is 2.20. The Morgan fingerprint density at radius 2 is 2.32 bits per heavy atom. The summed E-state index contributed by atoms with van der Waals surface area (Å²) in [5.41, 5.74) is 0.791. The molecular formula is C16H21ClN4O3S. The zero-order valence-corrected chi connectivity index (χ0v) is 15.5. The van der Waals surface area contributed by atoms with E-state index in [2.05, 4.69) is 15.5 Å². The maximum Gasteiger partial charge on any atom is 0.343 e. The molecule has 25 heavy (non-hydrogen) atoms. The third-order valence-corrected chi connectivity index (χ3v) is 4.62. The number of halogens is 1. The van der Waals surface area contributed by atoms with Crippen molar-refractivity contribution in [1.29, 1.82) is 0 Å². The Hall–Kier alpha value is -1.77. The van der Waals surface area contributed by atoms with Gasteiger partial charge in [0, 0.05) is 31.8 Å². The molecular weight excluding hydrogens is 364 g/mol. The van der Waals surface area contributed by atoms with E-state index in [1.807, 2.05) is 24.3 Å². The predicted octanol–water partition coefficient (Wildman–Crippen LogP) is 1.71. The number of benzene rings is 1. The number of carbonyl (C=O) groups excluding carboxylic acids is 1. The second kappa shape index (κ2) is 10.3. The third kappa shape index (κ3) is 6.56. The first kappa shape index (κ1) is 19.6. The molecule has 0 unspecified atom stereocenters. The number of hydrogen-bond donors (Lipinski definition) is 2. The molecule has 0 saturated carbocycles. The molecule has 0 aliphatic carbocycles. The predicted molar refractivity (Wildman–Crippen MR) is 98.2 cm³/mol. The van der Waals surface area contributed by atoms with E-state index in [1.165, 1.54) is 16.3 Å². The van der Waals surface area contributed by atoms with Crippen molar-refractivity contribution in [2.75, 3.05) is 26.0 Å². The summed E-state index contributed by atoms with van der Waals surface area (Å²) in [6.07, 6.45) is 1.41. The van der Waals surface area contributed by atoms with E-state index >= 15 is 0 Å². The number of methoxy groups -OCH3 is 1. The number of nitrogens with zero attached hydrogens (tertiary/aromatic N) is 2. The van der Waals surface area contributed by atoms with Crippen LogP contribution in [-0.4, -0.2) is 46.7 Å². The molecule has 2 aromatic rings. The summed E-state index contributed by atoms with van der Waals surface area (Å²) in [5, 5.41) is 10.4. The van der Waals surface area contributed by atoms with Crippen molar-refractivity contribution in [3.05, 3.63) is 45.3 Å². The fourth-order valence-corrected chi connectivity index (χ4v) is 3.21. The third-order valence-electron chi connectivity index (χ3n) is 3.41. The highest BCUT2D eigenvalue weighted by molar-refractivity contribution is 7.99. The highest BCUT2D eigenvalue weighted by Gasteiger charge is 2.11. The molecule has 1 heterocycles. The van der Waals surface area contributed by atoms with E-state index in [9.17, 15) is 9.59 Å². The van der Waals surface area contributed by atoms with Crippen LogP contribution in [0.5, 0.6) is 0 Å². The van der Waals surface area contributed by atoms with Gasteiger partial charge in [-0.2, -0.15) is 0 Å². The number of aromatic nitrogens is 3. The van der Waals surface area contributed by atoms with Gasteiger partial charge in [0.1, 0.15) is 0 Å². The average molecular weight is 385 g/mol. The summed E-state index contributed by atoms with van der Waals surface area (Å²) in [6.45, 7) is 1.59. The number of thioether (sulfide) groups is 1. The van der Waals surface area contributed by atoms with E-state index in [1.54, 1.807) is 7.11 Å². The van der Waals surface area contributed by atoms with Gasteiger partial charge in [0.15, 0.2) is 5.16 Å². The lowest BCUT2D eigenvalue weighted by Crippen LogP contribution is -2.27. The maximum absolute atomic E-state index is 11.9. The van der Waals surface area contributed by atoms with Gasteiger partial charge in [-0.1, -0.05) is 35.5 Å². The summed E-state index contributed by atoms with van der Waals surface area (Å²) in [7, 11) is 1.61. The van der Waals surface area contributed by atoms with Crippen molar-refractivity contribution in [3.8, 4) is 0 Å². The zero-order valence-electron chi connectivity index (χ0n) is 14.0. The Morgan fingerprint density at radius 1 is 1.48 bits per heavy atom. The van der Waals surface area contributed by atoms with Gasteiger partial charge in [-0.25, -0.2) is 9.89 Å². The van der Waals surface area contributed by atoms with Gasteiger partial charge in [0.25, 0.3) is 0 Å². The van der Waals surface area contributed by atoms with Crippen LogP contribution in [0.3, 0.4) is 0 Å². The molecule has 0 bridgehead atoms. The number of H-pyrrole nitrogens is 1. The van der Waals surface area contributed by atoms with Crippen molar-refractivity contribution >= 4 is 29.3 Å². The van der Waals surface area contributed by atoms with Crippen LogP contribution in [0.1, 0.15) is 12.0 Å². The van der Waals surface area contributed by atoms with Gasteiger partial charge in [-0.3, -0.25) is 9.36 Å². The number of rotatable bonds is 10. The SMILES string of the molecule is COCCCn1c(SCC(=O)NCCc2cccc(Cl)c2)n[nH]c1=O. The number of hydrogen-bond acceptors (Lipinski definition) is 5. The Bertz CT molecular complexity index is 747.